The predicted molar refractivity (Wildman–Crippen MR) is 123 cm³/mol. The third-order valence-corrected chi connectivity index (χ3v) is 6.41. The molecule has 6 nitrogen and oxygen atoms in total. The van der Waals surface area contributed by atoms with Crippen LogP contribution in [0.2, 0.25) is 0 Å². The Kier molecular flexibility index (Phi) is 7.08. The summed E-state index contributed by atoms with van der Waals surface area (Å²) in [7, 11) is 0. The number of rotatable bonds is 8. The number of imidazole rings is 1. The molecule has 0 aliphatic carbocycles. The van der Waals surface area contributed by atoms with Crippen LogP contribution in [0.5, 0.6) is 0 Å². The van der Waals surface area contributed by atoms with Gasteiger partial charge in [0.15, 0.2) is 0 Å². The summed E-state index contributed by atoms with van der Waals surface area (Å²) >= 11 is 1.52. The fourth-order valence-electron chi connectivity index (χ4n) is 3.27. The first-order valence-electron chi connectivity index (χ1n) is 10.00. The van der Waals surface area contributed by atoms with Crippen LogP contribution in [0.1, 0.15) is 36.1 Å². The van der Waals surface area contributed by atoms with E-state index >= 15 is 0 Å². The van der Waals surface area contributed by atoms with Crippen molar-refractivity contribution >= 4 is 33.6 Å². The van der Waals surface area contributed by atoms with Gasteiger partial charge in [-0.3, -0.25) is 4.98 Å². The van der Waals surface area contributed by atoms with Crippen molar-refractivity contribution in [1.82, 2.24) is 23.7 Å². The Hall–Kier alpha value is -2.59. The zero-order valence-corrected chi connectivity index (χ0v) is 20.7. The normalized spacial score (nSPS) is 12.3. The quantitative estimate of drug-likeness (QED) is 0.210. The van der Waals surface area contributed by atoms with E-state index in [2.05, 4.69) is 58.2 Å². The second-order valence-corrected chi connectivity index (χ2v) is 9.72. The molecule has 0 saturated heterocycles. The molecule has 0 unspecified atom stereocenters. The van der Waals surface area contributed by atoms with Gasteiger partial charge in [-0.1, -0.05) is 6.07 Å². The summed E-state index contributed by atoms with van der Waals surface area (Å²) in [5, 5.41) is 4.37. The molecule has 8 heteroatoms. The number of nitrogens with one attached hydrogen (secondary N) is 1. The minimum absolute atomic E-state index is 0.0917. The fourth-order valence-corrected chi connectivity index (χ4v) is 4.68. The first-order valence-corrected chi connectivity index (χ1v) is 14.2. The van der Waals surface area contributed by atoms with Crippen LogP contribution in [0, 0.1) is 6.92 Å². The summed E-state index contributed by atoms with van der Waals surface area (Å²) in [5.41, 5.74) is 6.01. The number of fused-ring (bicyclic) bond motifs is 1. The fraction of sp³-hybridized carbons (Fsp3) is 0.217. The Bertz CT molecular complexity index is 1230. The Morgan fingerprint density at radius 1 is 1.26 bits per heavy atom. The summed E-state index contributed by atoms with van der Waals surface area (Å²) in [5.74, 6) is 0.738. The van der Waals surface area contributed by atoms with Crippen LogP contribution in [-0.4, -0.2) is 28.7 Å². The molecule has 0 spiro atoms. The third-order valence-electron chi connectivity index (χ3n) is 4.59. The average Bonchev–Trinajstić information content (AvgIpc) is 3.39. The molecule has 4 aromatic rings. The molecule has 31 heavy (non-hydrogen) atoms. The van der Waals surface area contributed by atoms with E-state index in [4.69, 9.17) is 4.98 Å². The first kappa shape index (κ1) is 21.6. The van der Waals surface area contributed by atoms with Gasteiger partial charge < -0.3 is 0 Å². The number of hydrogen-bond acceptors (Lipinski definition) is 6. The number of alkyl halides is 1. The average molecular weight is 543 g/mol. The maximum atomic E-state index is 4.71. The predicted octanol–water partition coefficient (Wildman–Crippen LogP) is 2.25. The summed E-state index contributed by atoms with van der Waals surface area (Å²) < 4.78 is 8.98. The number of allylic oxidation sites excluding steroid dienone is 3. The SMILES string of the molecule is CC/C=C(\C=C\[I-]C)c1cnc2c(Nc3cc(Cc4ccccn4)ns3)nc(C)cn12. The van der Waals surface area contributed by atoms with Gasteiger partial charge >= 0.3 is 162 Å². The van der Waals surface area contributed by atoms with Gasteiger partial charge in [0.1, 0.15) is 0 Å². The number of anilines is 2. The van der Waals surface area contributed by atoms with E-state index in [9.17, 15) is 0 Å². The Balaban J connectivity index is 1.64. The van der Waals surface area contributed by atoms with Gasteiger partial charge in [-0.2, -0.15) is 0 Å². The van der Waals surface area contributed by atoms with Crippen LogP contribution in [-0.2, 0) is 6.42 Å². The van der Waals surface area contributed by atoms with E-state index in [0.717, 1.165) is 45.7 Å². The molecule has 0 bridgehead atoms. The zero-order valence-electron chi connectivity index (χ0n) is 17.7. The molecular weight excluding hydrogens is 519 g/mol. The topological polar surface area (TPSA) is 68.0 Å². The molecule has 4 heterocycles. The van der Waals surface area contributed by atoms with Crippen LogP contribution < -0.4 is 26.5 Å². The summed E-state index contributed by atoms with van der Waals surface area (Å²) in [6, 6.07) is 7.99. The number of halogens is 1. The van der Waals surface area contributed by atoms with Gasteiger partial charge in [0.2, 0.25) is 0 Å². The number of pyridine rings is 1. The monoisotopic (exact) mass is 543 g/mol. The number of nitrogens with zero attached hydrogens (tertiary/aromatic N) is 5. The molecule has 160 valence electrons. The molecule has 0 radical (unpaired) electrons. The van der Waals surface area contributed by atoms with Crippen LogP contribution >= 0.6 is 11.5 Å². The zero-order chi connectivity index (χ0) is 21.6. The molecule has 0 amide bonds. The standard InChI is InChI=1S/C23H24IN6S/c1-4-7-17(9-10-24-3)20-14-26-23-22(27-16(2)15-30(20)23)28-21-13-19(29-31-21)12-18-8-5-6-11-25-18/h5-11,13-15H,4,12H2,1-3H3,(H,27,28)/q-1/b10-9+,17-7+. The summed E-state index contributed by atoms with van der Waals surface area (Å²) in [6.07, 6.45) is 11.9. The molecule has 0 aliphatic heterocycles. The van der Waals surface area contributed by atoms with Crippen molar-refractivity contribution in [1.29, 1.82) is 0 Å². The van der Waals surface area contributed by atoms with Crippen molar-refractivity contribution in [2.24, 2.45) is 0 Å². The molecule has 0 aromatic carbocycles. The second-order valence-electron chi connectivity index (χ2n) is 6.95. The Morgan fingerprint density at radius 2 is 2.16 bits per heavy atom. The minimum atomic E-state index is 0.0917. The van der Waals surface area contributed by atoms with E-state index in [1.165, 1.54) is 17.1 Å². The van der Waals surface area contributed by atoms with Crippen LogP contribution in [0.3, 0.4) is 0 Å². The van der Waals surface area contributed by atoms with Crippen LogP contribution in [0.4, 0.5) is 10.8 Å². The third kappa shape index (κ3) is 5.19. The number of hydrogen-bond donors (Lipinski definition) is 1. The van der Waals surface area contributed by atoms with E-state index in [-0.39, 0.29) is 21.2 Å². The molecule has 4 rings (SSSR count). The molecule has 0 aliphatic rings. The molecule has 0 atom stereocenters. The van der Waals surface area contributed by atoms with E-state index in [0.29, 0.717) is 6.42 Å². The van der Waals surface area contributed by atoms with Gasteiger partial charge in [0, 0.05) is 11.9 Å². The van der Waals surface area contributed by atoms with Crippen molar-refractivity contribution in [3.8, 4) is 0 Å². The van der Waals surface area contributed by atoms with Gasteiger partial charge in [0.05, 0.1) is 0 Å². The molecule has 0 saturated carbocycles. The second kappa shape index (κ2) is 10.1. The van der Waals surface area contributed by atoms with Crippen LogP contribution in [0.15, 0.2) is 59.1 Å². The van der Waals surface area contributed by atoms with Gasteiger partial charge in [-0.25, -0.2) is 0 Å². The van der Waals surface area contributed by atoms with Crippen LogP contribution in [0.25, 0.3) is 11.2 Å². The van der Waals surface area contributed by atoms with Gasteiger partial charge in [-0.05, 0) is 12.1 Å². The van der Waals surface area contributed by atoms with Gasteiger partial charge in [-0.15, -0.1) is 0 Å². The van der Waals surface area contributed by atoms with E-state index in [1.807, 2.05) is 43.7 Å². The summed E-state index contributed by atoms with van der Waals surface area (Å²) in [6.45, 7) is 4.16. The molecule has 4 aromatic heterocycles. The maximum absolute atomic E-state index is 4.71. The molecule has 0 fully saturated rings. The van der Waals surface area contributed by atoms with Gasteiger partial charge in [0.25, 0.3) is 0 Å². The Morgan fingerprint density at radius 3 is 2.94 bits per heavy atom. The molecular formula is C23H24IN6S-. The number of aromatic nitrogens is 5. The number of aryl methyl sites for hydroxylation is 1. The van der Waals surface area contributed by atoms with E-state index in [1.54, 1.807) is 0 Å². The van der Waals surface area contributed by atoms with Crippen molar-refractivity contribution in [3.63, 3.8) is 0 Å². The molecule has 1 N–H and O–H groups in total. The van der Waals surface area contributed by atoms with Crippen molar-refractivity contribution in [3.05, 3.63) is 81.9 Å². The van der Waals surface area contributed by atoms with E-state index < -0.39 is 0 Å². The Labute approximate surface area is 196 Å². The van der Waals surface area contributed by atoms with Crippen molar-refractivity contribution < 1.29 is 21.2 Å². The van der Waals surface area contributed by atoms with Crippen molar-refractivity contribution in [2.45, 2.75) is 26.7 Å². The first-order chi connectivity index (χ1) is 15.2. The summed E-state index contributed by atoms with van der Waals surface area (Å²) in [4.78, 5) is 16.0. The van der Waals surface area contributed by atoms with Crippen molar-refractivity contribution in [2.75, 3.05) is 10.2 Å².